The minimum Gasteiger partial charge on any atom is -0.339 e. The monoisotopic (exact) mass is 372 g/mol. The minimum absolute atomic E-state index is 0.0397. The first-order chi connectivity index (χ1) is 11.8. The van der Waals surface area contributed by atoms with Crippen LogP contribution in [0, 0.1) is 17.6 Å². The molecular weight excluding hydrogens is 350 g/mol. The van der Waals surface area contributed by atoms with Crippen LogP contribution >= 0.6 is 0 Å². The molecule has 0 bridgehead atoms. The smallest absolute Gasteiger partial charge is 0.226 e. The summed E-state index contributed by atoms with van der Waals surface area (Å²) in [5.74, 6) is -2.33. The average Bonchev–Trinajstić information content (AvgIpc) is 2.91. The Morgan fingerprint density at radius 2 is 1.76 bits per heavy atom. The molecule has 1 aromatic carbocycles. The van der Waals surface area contributed by atoms with E-state index in [9.17, 15) is 22.0 Å². The highest BCUT2D eigenvalue weighted by atomic mass is 32.2. The summed E-state index contributed by atoms with van der Waals surface area (Å²) < 4.78 is 51.4. The number of hydrogen-bond donors (Lipinski definition) is 1. The Bertz CT molecular complexity index is 753. The molecule has 2 fully saturated rings. The lowest BCUT2D eigenvalue weighted by Crippen LogP contribution is -2.44. The zero-order chi connectivity index (χ0) is 18.2. The van der Waals surface area contributed by atoms with Gasteiger partial charge in [-0.15, -0.1) is 0 Å². The van der Waals surface area contributed by atoms with Crippen LogP contribution in [0.1, 0.15) is 24.8 Å². The molecule has 2 heterocycles. The predicted molar refractivity (Wildman–Crippen MR) is 88.9 cm³/mol. The third-order valence-electron chi connectivity index (χ3n) is 5.09. The fourth-order valence-corrected chi connectivity index (χ4v) is 4.30. The fourth-order valence-electron chi connectivity index (χ4n) is 3.67. The number of carbonyl (C=O) groups excluding carboxylic acids is 1. The molecule has 1 amide bonds. The summed E-state index contributed by atoms with van der Waals surface area (Å²) in [6.07, 6.45) is 3.21. The third-order valence-corrected chi connectivity index (χ3v) is 6.19. The first kappa shape index (κ1) is 18.3. The van der Waals surface area contributed by atoms with Crippen molar-refractivity contribution in [2.45, 2.75) is 36.6 Å². The first-order valence-electron chi connectivity index (χ1n) is 8.46. The number of likely N-dealkylation sites (tertiary alicyclic amines) is 1. The minimum atomic E-state index is -3.69. The number of nitrogens with one attached hydrogen (secondary N) is 1. The van der Waals surface area contributed by atoms with Gasteiger partial charge in [0.2, 0.25) is 5.91 Å². The molecule has 8 heteroatoms. The summed E-state index contributed by atoms with van der Waals surface area (Å²) in [4.78, 5) is 14.1. The predicted octanol–water partition coefficient (Wildman–Crippen LogP) is 1.51. The SMILES string of the molecule is CS(=O)(=O)c1cc(F)c(C[C@H]2CCN(C3CCNCC3)C2=O)c(F)c1. The van der Waals surface area contributed by atoms with Crippen molar-refractivity contribution in [2.75, 3.05) is 25.9 Å². The number of benzene rings is 1. The standard InChI is InChI=1S/C17H22F2N2O3S/c1-25(23,24)13-9-15(18)14(16(19)10-13)8-11-4-7-21(17(11)22)12-2-5-20-6-3-12/h9-12,20H,2-8H2,1H3/t11-/m1/s1. The molecule has 0 radical (unpaired) electrons. The van der Waals surface area contributed by atoms with E-state index in [2.05, 4.69) is 5.32 Å². The molecule has 2 aliphatic heterocycles. The van der Waals surface area contributed by atoms with E-state index in [0.29, 0.717) is 13.0 Å². The van der Waals surface area contributed by atoms with Crippen LogP contribution in [0.4, 0.5) is 8.78 Å². The van der Waals surface area contributed by atoms with Gasteiger partial charge < -0.3 is 10.2 Å². The third kappa shape index (κ3) is 3.84. The van der Waals surface area contributed by atoms with Crippen molar-refractivity contribution in [3.05, 3.63) is 29.3 Å². The number of amides is 1. The van der Waals surface area contributed by atoms with E-state index in [4.69, 9.17) is 0 Å². The lowest BCUT2D eigenvalue weighted by molar-refractivity contribution is -0.133. The van der Waals surface area contributed by atoms with Crippen molar-refractivity contribution >= 4 is 15.7 Å². The molecule has 0 aromatic heterocycles. The number of nitrogens with zero attached hydrogens (tertiary/aromatic N) is 1. The molecule has 1 atom stereocenters. The molecule has 2 saturated heterocycles. The second-order valence-corrected chi connectivity index (χ2v) is 8.86. The Kier molecular flexibility index (Phi) is 5.11. The van der Waals surface area contributed by atoms with E-state index in [0.717, 1.165) is 44.3 Å². The van der Waals surface area contributed by atoms with E-state index in [1.807, 2.05) is 4.90 Å². The Hall–Kier alpha value is -1.54. The Morgan fingerprint density at radius 1 is 1.16 bits per heavy atom. The van der Waals surface area contributed by atoms with Gasteiger partial charge in [-0.2, -0.15) is 0 Å². The number of carbonyl (C=O) groups is 1. The van der Waals surface area contributed by atoms with Gasteiger partial charge in [0.25, 0.3) is 0 Å². The van der Waals surface area contributed by atoms with Gasteiger partial charge in [-0.3, -0.25) is 4.79 Å². The Balaban J connectivity index is 1.76. The molecule has 0 aliphatic carbocycles. The molecule has 1 N–H and O–H groups in total. The van der Waals surface area contributed by atoms with Crippen LogP contribution in [0.2, 0.25) is 0 Å². The lowest BCUT2D eigenvalue weighted by Gasteiger charge is -2.31. The van der Waals surface area contributed by atoms with E-state index >= 15 is 0 Å². The summed E-state index contributed by atoms with van der Waals surface area (Å²) in [5, 5.41) is 3.25. The quantitative estimate of drug-likeness (QED) is 0.870. The molecule has 3 rings (SSSR count). The number of piperidine rings is 1. The summed E-state index contributed by atoms with van der Waals surface area (Å²) >= 11 is 0. The Labute approximate surface area is 146 Å². The van der Waals surface area contributed by atoms with Crippen LogP contribution in [-0.4, -0.2) is 51.2 Å². The molecule has 2 aliphatic rings. The Morgan fingerprint density at radius 3 is 2.32 bits per heavy atom. The summed E-state index contributed by atoms with van der Waals surface area (Å²) in [5.41, 5.74) is -0.210. The van der Waals surface area contributed by atoms with Gasteiger partial charge in [-0.25, -0.2) is 17.2 Å². The van der Waals surface area contributed by atoms with E-state index in [1.54, 1.807) is 0 Å². The first-order valence-corrected chi connectivity index (χ1v) is 10.4. The van der Waals surface area contributed by atoms with Crippen LogP contribution < -0.4 is 5.32 Å². The molecule has 0 unspecified atom stereocenters. The molecule has 25 heavy (non-hydrogen) atoms. The summed E-state index contributed by atoms with van der Waals surface area (Å²) in [6, 6.07) is 1.86. The van der Waals surface area contributed by atoms with Crippen LogP contribution in [-0.2, 0) is 21.1 Å². The zero-order valence-electron chi connectivity index (χ0n) is 14.1. The molecule has 1 aromatic rings. The highest BCUT2D eigenvalue weighted by Gasteiger charge is 2.37. The van der Waals surface area contributed by atoms with Crippen LogP contribution in [0.3, 0.4) is 0 Å². The normalized spacial score (nSPS) is 22.6. The summed E-state index contributed by atoms with van der Waals surface area (Å²) in [6.45, 7) is 2.35. The van der Waals surface area contributed by atoms with Crippen molar-refractivity contribution in [3.8, 4) is 0 Å². The molecule has 0 spiro atoms. The van der Waals surface area contributed by atoms with E-state index < -0.39 is 27.4 Å². The number of sulfone groups is 1. The van der Waals surface area contributed by atoms with Crippen molar-refractivity contribution < 1.29 is 22.0 Å². The van der Waals surface area contributed by atoms with Gasteiger partial charge >= 0.3 is 0 Å². The topological polar surface area (TPSA) is 66.5 Å². The van der Waals surface area contributed by atoms with Gasteiger partial charge in [0.05, 0.1) is 4.90 Å². The maximum Gasteiger partial charge on any atom is 0.226 e. The largest absolute Gasteiger partial charge is 0.339 e. The molecular formula is C17H22F2N2O3S. The van der Waals surface area contributed by atoms with Crippen molar-refractivity contribution in [2.24, 2.45) is 5.92 Å². The van der Waals surface area contributed by atoms with Crippen molar-refractivity contribution in [3.63, 3.8) is 0 Å². The highest BCUT2D eigenvalue weighted by Crippen LogP contribution is 2.29. The highest BCUT2D eigenvalue weighted by molar-refractivity contribution is 7.90. The molecule has 5 nitrogen and oxygen atoms in total. The fraction of sp³-hybridized carbons (Fsp3) is 0.588. The maximum absolute atomic E-state index is 14.2. The summed E-state index contributed by atoms with van der Waals surface area (Å²) in [7, 11) is -3.69. The van der Waals surface area contributed by atoms with Gasteiger partial charge in [0, 0.05) is 30.3 Å². The number of hydrogen-bond acceptors (Lipinski definition) is 4. The van der Waals surface area contributed by atoms with Crippen molar-refractivity contribution in [1.29, 1.82) is 0 Å². The van der Waals surface area contributed by atoms with E-state index in [1.165, 1.54) is 0 Å². The molecule has 138 valence electrons. The average molecular weight is 372 g/mol. The number of rotatable bonds is 4. The second kappa shape index (κ2) is 6.99. The van der Waals surface area contributed by atoms with Gasteiger partial charge in [0.15, 0.2) is 9.84 Å². The van der Waals surface area contributed by atoms with Crippen LogP contribution in [0.5, 0.6) is 0 Å². The zero-order valence-corrected chi connectivity index (χ0v) is 14.9. The van der Waals surface area contributed by atoms with Crippen molar-refractivity contribution in [1.82, 2.24) is 10.2 Å². The number of halogens is 2. The lowest BCUT2D eigenvalue weighted by atomic mass is 9.97. The molecule has 0 saturated carbocycles. The second-order valence-electron chi connectivity index (χ2n) is 6.84. The van der Waals surface area contributed by atoms with Gasteiger partial charge in [0.1, 0.15) is 11.6 Å². The van der Waals surface area contributed by atoms with E-state index in [-0.39, 0.29) is 28.8 Å². The van der Waals surface area contributed by atoms with Gasteiger partial charge in [-0.05, 0) is 50.9 Å². The van der Waals surface area contributed by atoms with Crippen LogP contribution in [0.25, 0.3) is 0 Å². The van der Waals surface area contributed by atoms with Gasteiger partial charge in [-0.1, -0.05) is 0 Å². The van der Waals surface area contributed by atoms with Crippen LogP contribution in [0.15, 0.2) is 17.0 Å². The maximum atomic E-state index is 14.2.